The van der Waals surface area contributed by atoms with E-state index in [2.05, 4.69) is 0 Å². The molecule has 0 atom stereocenters. The van der Waals surface area contributed by atoms with E-state index in [9.17, 15) is 14.4 Å². The first kappa shape index (κ1) is 25.2. The smallest absolute Gasteiger partial charge is 0.309 e. The summed E-state index contributed by atoms with van der Waals surface area (Å²) in [6, 6.07) is 7.23. The van der Waals surface area contributed by atoms with E-state index in [4.69, 9.17) is 26.4 Å². The fourth-order valence-electron chi connectivity index (χ4n) is 4.58. The molecule has 5 heterocycles. The van der Waals surface area contributed by atoms with Crippen molar-refractivity contribution in [2.24, 2.45) is 5.92 Å². The molecular formula is C26H26N4O5S2. The molecular weight excluding hydrogens is 512 g/mol. The van der Waals surface area contributed by atoms with Crippen LogP contribution in [0.5, 0.6) is 0 Å². The number of piperidine rings is 1. The van der Waals surface area contributed by atoms with Crippen LogP contribution in [-0.4, -0.2) is 50.2 Å². The highest BCUT2D eigenvalue weighted by Crippen LogP contribution is 2.35. The Labute approximate surface area is 223 Å². The zero-order chi connectivity index (χ0) is 26.1. The SMILES string of the molecule is CCOC(=O)C1CCN(c2nc3c(C)cccn3c(=O)c2/C=C2\SC(=S)N(Cc3ccco3)C2=O)CC1. The summed E-state index contributed by atoms with van der Waals surface area (Å²) in [5.41, 5.74) is 1.46. The van der Waals surface area contributed by atoms with E-state index in [1.165, 1.54) is 9.30 Å². The highest BCUT2D eigenvalue weighted by molar-refractivity contribution is 8.26. The fourth-order valence-corrected chi connectivity index (χ4v) is 5.82. The summed E-state index contributed by atoms with van der Waals surface area (Å²) < 4.78 is 12.5. The van der Waals surface area contributed by atoms with E-state index in [0.29, 0.717) is 64.6 Å². The Morgan fingerprint density at radius 3 is 2.76 bits per heavy atom. The monoisotopic (exact) mass is 538 g/mol. The van der Waals surface area contributed by atoms with Crippen LogP contribution < -0.4 is 10.5 Å². The van der Waals surface area contributed by atoms with Gasteiger partial charge in [0, 0.05) is 19.3 Å². The maximum absolute atomic E-state index is 13.7. The molecule has 0 N–H and O–H groups in total. The van der Waals surface area contributed by atoms with Gasteiger partial charge in [-0.25, -0.2) is 4.98 Å². The third kappa shape index (κ3) is 4.93. The van der Waals surface area contributed by atoms with Gasteiger partial charge in [-0.05, 0) is 56.5 Å². The highest BCUT2D eigenvalue weighted by Gasteiger charge is 2.34. The van der Waals surface area contributed by atoms with Crippen LogP contribution in [0.3, 0.4) is 0 Å². The number of esters is 1. The Kier molecular flexibility index (Phi) is 7.16. The first-order valence-corrected chi connectivity index (χ1v) is 13.3. The molecule has 0 spiro atoms. The molecule has 0 radical (unpaired) electrons. The van der Waals surface area contributed by atoms with Crippen molar-refractivity contribution in [2.75, 3.05) is 24.6 Å². The first-order valence-electron chi connectivity index (χ1n) is 12.1. The van der Waals surface area contributed by atoms with Gasteiger partial charge in [0.2, 0.25) is 0 Å². The lowest BCUT2D eigenvalue weighted by molar-refractivity contribution is -0.148. The summed E-state index contributed by atoms with van der Waals surface area (Å²) in [4.78, 5) is 47.9. The number of carbonyl (C=O) groups excluding carboxylic acids is 2. The molecule has 5 rings (SSSR count). The van der Waals surface area contributed by atoms with Crippen molar-refractivity contribution in [3.05, 3.63) is 68.9 Å². The van der Waals surface area contributed by atoms with Gasteiger partial charge >= 0.3 is 5.97 Å². The molecule has 0 aliphatic carbocycles. The molecule has 192 valence electrons. The van der Waals surface area contributed by atoms with Crippen LogP contribution in [-0.2, 0) is 20.9 Å². The van der Waals surface area contributed by atoms with Gasteiger partial charge in [-0.3, -0.25) is 23.7 Å². The summed E-state index contributed by atoms with van der Waals surface area (Å²) in [6.07, 6.45) is 6.01. The molecule has 2 aliphatic heterocycles. The number of ether oxygens (including phenoxy) is 1. The molecule has 2 aliphatic rings. The number of hydrogen-bond acceptors (Lipinski definition) is 9. The molecule has 0 bridgehead atoms. The number of anilines is 1. The van der Waals surface area contributed by atoms with Crippen LogP contribution in [0.25, 0.3) is 11.7 Å². The van der Waals surface area contributed by atoms with E-state index >= 15 is 0 Å². The van der Waals surface area contributed by atoms with Crippen LogP contribution in [0, 0.1) is 12.8 Å². The molecule has 2 saturated heterocycles. The summed E-state index contributed by atoms with van der Waals surface area (Å²) in [5.74, 6) is 0.460. The molecule has 11 heteroatoms. The first-order chi connectivity index (χ1) is 17.9. The molecule has 3 aromatic rings. The maximum atomic E-state index is 13.7. The Hall–Kier alpha value is -3.44. The van der Waals surface area contributed by atoms with Crippen molar-refractivity contribution in [2.45, 2.75) is 33.2 Å². The predicted molar refractivity (Wildman–Crippen MR) is 145 cm³/mol. The van der Waals surface area contributed by atoms with Gasteiger partial charge in [0.05, 0.1) is 35.8 Å². The van der Waals surface area contributed by atoms with Gasteiger partial charge in [-0.2, -0.15) is 0 Å². The molecule has 3 aromatic heterocycles. The lowest BCUT2D eigenvalue weighted by Gasteiger charge is -2.32. The average Bonchev–Trinajstić information content (AvgIpc) is 3.50. The van der Waals surface area contributed by atoms with Crippen LogP contribution in [0.1, 0.15) is 36.7 Å². The standard InChI is InChI=1S/C26H26N4O5S2/c1-3-34-25(33)17-8-11-28(12-9-17)22-19(23(31)29-10-4-6-16(2)21(29)27-22)14-20-24(32)30(26(36)37-20)15-18-7-5-13-35-18/h4-7,10,13-14,17H,3,8-9,11-12,15H2,1-2H3/b20-14-. The lowest BCUT2D eigenvalue weighted by atomic mass is 9.96. The number of pyridine rings is 1. The van der Waals surface area contributed by atoms with Crippen molar-refractivity contribution in [3.63, 3.8) is 0 Å². The number of aromatic nitrogens is 2. The number of rotatable bonds is 6. The summed E-state index contributed by atoms with van der Waals surface area (Å²) in [5, 5.41) is 0. The molecule has 1 amide bonds. The molecule has 9 nitrogen and oxygen atoms in total. The number of amides is 1. The van der Waals surface area contributed by atoms with Crippen LogP contribution >= 0.6 is 24.0 Å². The van der Waals surface area contributed by atoms with Gasteiger partial charge in [-0.15, -0.1) is 0 Å². The van der Waals surface area contributed by atoms with Gasteiger partial charge in [0.1, 0.15) is 21.5 Å². The minimum Gasteiger partial charge on any atom is -0.467 e. The largest absolute Gasteiger partial charge is 0.467 e. The van der Waals surface area contributed by atoms with E-state index in [1.807, 2.05) is 17.9 Å². The van der Waals surface area contributed by atoms with Crippen molar-refractivity contribution < 1.29 is 18.7 Å². The van der Waals surface area contributed by atoms with E-state index in [0.717, 1.165) is 17.3 Å². The minimum absolute atomic E-state index is 0.180. The van der Waals surface area contributed by atoms with Crippen LogP contribution in [0.2, 0.25) is 0 Å². The van der Waals surface area contributed by atoms with Gasteiger partial charge in [-0.1, -0.05) is 30.0 Å². The van der Waals surface area contributed by atoms with Crippen molar-refractivity contribution in [1.82, 2.24) is 14.3 Å². The molecule has 37 heavy (non-hydrogen) atoms. The number of hydrogen-bond donors (Lipinski definition) is 0. The summed E-state index contributed by atoms with van der Waals surface area (Å²) in [6.45, 7) is 5.35. The van der Waals surface area contributed by atoms with Gasteiger partial charge in [0.15, 0.2) is 0 Å². The second kappa shape index (κ2) is 10.5. The Morgan fingerprint density at radius 1 is 1.27 bits per heavy atom. The normalized spacial score (nSPS) is 17.8. The summed E-state index contributed by atoms with van der Waals surface area (Å²) >= 11 is 6.61. The average molecular weight is 539 g/mol. The Morgan fingerprint density at radius 2 is 2.05 bits per heavy atom. The second-order valence-electron chi connectivity index (χ2n) is 8.90. The maximum Gasteiger partial charge on any atom is 0.309 e. The van der Waals surface area contributed by atoms with Crippen molar-refractivity contribution in [3.8, 4) is 0 Å². The minimum atomic E-state index is -0.285. The number of furan rings is 1. The third-order valence-electron chi connectivity index (χ3n) is 6.52. The number of carbonyl (C=O) groups is 2. The van der Waals surface area contributed by atoms with Crippen LogP contribution in [0.4, 0.5) is 5.82 Å². The Balaban J connectivity index is 1.52. The topological polar surface area (TPSA) is 97.4 Å². The van der Waals surface area contributed by atoms with Gasteiger partial charge in [0.25, 0.3) is 11.5 Å². The Bertz CT molecular complexity index is 1460. The molecule has 2 fully saturated rings. The van der Waals surface area contributed by atoms with Crippen LogP contribution in [0.15, 0.2) is 50.8 Å². The molecule has 0 aromatic carbocycles. The zero-order valence-electron chi connectivity index (χ0n) is 20.5. The fraction of sp³-hybridized carbons (Fsp3) is 0.346. The molecule has 0 saturated carbocycles. The number of nitrogens with zero attached hydrogens (tertiary/aromatic N) is 4. The van der Waals surface area contributed by atoms with E-state index < -0.39 is 0 Å². The zero-order valence-corrected chi connectivity index (χ0v) is 22.1. The quantitative estimate of drug-likeness (QED) is 0.264. The number of aryl methyl sites for hydroxylation is 1. The predicted octanol–water partition coefficient (Wildman–Crippen LogP) is 3.78. The van der Waals surface area contributed by atoms with Crippen molar-refractivity contribution in [1.29, 1.82) is 0 Å². The lowest BCUT2D eigenvalue weighted by Crippen LogP contribution is -2.39. The van der Waals surface area contributed by atoms with Crippen molar-refractivity contribution >= 4 is 57.7 Å². The van der Waals surface area contributed by atoms with E-state index in [-0.39, 0.29) is 29.9 Å². The number of fused-ring (bicyclic) bond motifs is 1. The molecule has 0 unspecified atom stereocenters. The van der Waals surface area contributed by atoms with E-state index in [1.54, 1.807) is 43.7 Å². The number of thiocarbonyl (C=S) groups is 1. The highest BCUT2D eigenvalue weighted by atomic mass is 32.2. The third-order valence-corrected chi connectivity index (χ3v) is 7.90. The second-order valence-corrected chi connectivity index (χ2v) is 10.6. The van der Waals surface area contributed by atoms with Gasteiger partial charge < -0.3 is 14.1 Å². The number of thioether (sulfide) groups is 1. The summed E-state index contributed by atoms with van der Waals surface area (Å²) in [7, 11) is 0.